The topological polar surface area (TPSA) is 37.9 Å². The second-order valence-electron chi connectivity index (χ2n) is 4.01. The third-order valence-electron chi connectivity index (χ3n) is 2.82. The third-order valence-corrected chi connectivity index (χ3v) is 2.82. The highest BCUT2D eigenvalue weighted by molar-refractivity contribution is 5.04. The van der Waals surface area contributed by atoms with E-state index in [2.05, 4.69) is 10.2 Å². The first-order chi connectivity index (χ1) is 6.95. The molecule has 3 heteroatoms. The average molecular weight is 194 g/mol. The molecule has 14 heavy (non-hydrogen) atoms. The van der Waals surface area contributed by atoms with E-state index >= 15 is 0 Å². The smallest absolute Gasteiger partial charge is 0.209 e. The first kappa shape index (κ1) is 9.56. The molecule has 0 atom stereocenters. The second-order valence-corrected chi connectivity index (χ2v) is 4.01. The van der Waals surface area contributed by atoms with Gasteiger partial charge < -0.3 is 4.74 Å². The van der Waals surface area contributed by atoms with Crippen molar-refractivity contribution in [1.82, 2.24) is 10.2 Å². The molecule has 1 aromatic rings. The predicted octanol–water partition coefficient (Wildman–Crippen LogP) is 2.90. The standard InChI is InChI=1S/C11H18N2O/c1-2-4-6-10(7-5-3-1)14-11-8-9-12-13-11/h8-10H,1-7H2,(H,12,13). The van der Waals surface area contributed by atoms with E-state index < -0.39 is 0 Å². The van der Waals surface area contributed by atoms with Gasteiger partial charge in [-0.05, 0) is 25.7 Å². The van der Waals surface area contributed by atoms with Gasteiger partial charge in [0.25, 0.3) is 0 Å². The minimum atomic E-state index is 0.399. The summed E-state index contributed by atoms with van der Waals surface area (Å²) in [4.78, 5) is 0. The molecule has 1 aliphatic rings. The summed E-state index contributed by atoms with van der Waals surface area (Å²) in [5, 5.41) is 6.73. The van der Waals surface area contributed by atoms with Crippen molar-refractivity contribution in [1.29, 1.82) is 0 Å². The highest BCUT2D eigenvalue weighted by Crippen LogP contribution is 2.20. The number of nitrogens with one attached hydrogen (secondary N) is 1. The Morgan fingerprint density at radius 3 is 2.50 bits per heavy atom. The van der Waals surface area contributed by atoms with E-state index in [9.17, 15) is 0 Å². The number of H-pyrrole nitrogens is 1. The molecule has 0 bridgehead atoms. The molecule has 1 aromatic heterocycles. The molecular formula is C11H18N2O. The number of ether oxygens (including phenoxy) is 1. The maximum Gasteiger partial charge on any atom is 0.209 e. The number of hydrogen-bond donors (Lipinski definition) is 1. The van der Waals surface area contributed by atoms with E-state index in [4.69, 9.17) is 4.74 Å². The van der Waals surface area contributed by atoms with E-state index in [1.165, 1.54) is 44.9 Å². The van der Waals surface area contributed by atoms with Crippen molar-refractivity contribution in [3.63, 3.8) is 0 Å². The van der Waals surface area contributed by atoms with Crippen LogP contribution in [0.5, 0.6) is 5.88 Å². The van der Waals surface area contributed by atoms with Crippen molar-refractivity contribution < 1.29 is 4.74 Å². The molecule has 1 N–H and O–H groups in total. The molecular weight excluding hydrogens is 176 g/mol. The van der Waals surface area contributed by atoms with Crippen LogP contribution in [0.4, 0.5) is 0 Å². The fraction of sp³-hybridized carbons (Fsp3) is 0.727. The van der Waals surface area contributed by atoms with Crippen molar-refractivity contribution in [2.45, 2.75) is 51.0 Å². The molecule has 0 amide bonds. The van der Waals surface area contributed by atoms with Gasteiger partial charge in [-0.15, -0.1) is 0 Å². The van der Waals surface area contributed by atoms with Crippen LogP contribution in [0.25, 0.3) is 0 Å². The highest BCUT2D eigenvalue weighted by atomic mass is 16.5. The third kappa shape index (κ3) is 2.76. The number of nitrogens with zero attached hydrogens (tertiary/aromatic N) is 1. The SMILES string of the molecule is c1cc(OC2CCCCCCC2)[nH]n1. The van der Waals surface area contributed by atoms with Crippen LogP contribution in [0.1, 0.15) is 44.9 Å². The summed E-state index contributed by atoms with van der Waals surface area (Å²) < 4.78 is 5.81. The first-order valence-corrected chi connectivity index (χ1v) is 5.61. The maximum absolute atomic E-state index is 5.81. The molecule has 2 rings (SSSR count). The van der Waals surface area contributed by atoms with E-state index in [1.807, 2.05) is 6.07 Å². The van der Waals surface area contributed by atoms with Gasteiger partial charge in [0.15, 0.2) is 0 Å². The minimum absolute atomic E-state index is 0.399. The monoisotopic (exact) mass is 194 g/mol. The van der Waals surface area contributed by atoms with Gasteiger partial charge in [-0.3, -0.25) is 0 Å². The Balaban J connectivity index is 1.83. The summed E-state index contributed by atoms with van der Waals surface area (Å²) in [5.74, 6) is 0.815. The molecule has 0 radical (unpaired) electrons. The minimum Gasteiger partial charge on any atom is -0.475 e. The Labute approximate surface area is 84.9 Å². The lowest BCUT2D eigenvalue weighted by Crippen LogP contribution is -2.17. The maximum atomic E-state index is 5.81. The molecule has 0 aromatic carbocycles. The van der Waals surface area contributed by atoms with Crippen LogP contribution < -0.4 is 4.74 Å². The molecule has 0 saturated heterocycles. The normalized spacial score (nSPS) is 20.0. The number of aromatic amines is 1. The molecule has 0 unspecified atom stereocenters. The zero-order valence-corrected chi connectivity index (χ0v) is 8.54. The Morgan fingerprint density at radius 2 is 1.86 bits per heavy atom. The van der Waals surface area contributed by atoms with Crippen molar-refractivity contribution in [2.75, 3.05) is 0 Å². The first-order valence-electron chi connectivity index (χ1n) is 5.61. The summed E-state index contributed by atoms with van der Waals surface area (Å²) in [6, 6.07) is 1.89. The van der Waals surface area contributed by atoms with Crippen molar-refractivity contribution in [3.05, 3.63) is 12.3 Å². The molecule has 1 fully saturated rings. The number of hydrogen-bond acceptors (Lipinski definition) is 2. The van der Waals surface area contributed by atoms with Crippen molar-refractivity contribution >= 4 is 0 Å². The number of rotatable bonds is 2. The Morgan fingerprint density at radius 1 is 1.14 bits per heavy atom. The van der Waals surface area contributed by atoms with E-state index in [0.29, 0.717) is 6.10 Å². The highest BCUT2D eigenvalue weighted by Gasteiger charge is 2.12. The van der Waals surface area contributed by atoms with E-state index in [0.717, 1.165) is 5.88 Å². The molecule has 1 heterocycles. The largest absolute Gasteiger partial charge is 0.475 e. The lowest BCUT2D eigenvalue weighted by molar-refractivity contribution is 0.160. The van der Waals surface area contributed by atoms with Crippen molar-refractivity contribution in [3.8, 4) is 5.88 Å². The average Bonchev–Trinajstić information content (AvgIpc) is 2.62. The van der Waals surface area contributed by atoms with Gasteiger partial charge in [-0.2, -0.15) is 5.10 Å². The second kappa shape index (κ2) is 5.03. The lowest BCUT2D eigenvalue weighted by Gasteiger charge is -2.19. The molecule has 0 aliphatic heterocycles. The van der Waals surface area contributed by atoms with E-state index in [-0.39, 0.29) is 0 Å². The zero-order valence-electron chi connectivity index (χ0n) is 8.54. The van der Waals surface area contributed by atoms with E-state index in [1.54, 1.807) is 6.20 Å². The Hall–Kier alpha value is -0.990. The van der Waals surface area contributed by atoms with Crippen molar-refractivity contribution in [2.24, 2.45) is 0 Å². The van der Waals surface area contributed by atoms with Gasteiger partial charge in [0.05, 0.1) is 6.20 Å². The quantitative estimate of drug-likeness (QED) is 0.786. The summed E-state index contributed by atoms with van der Waals surface area (Å²) in [6.45, 7) is 0. The van der Waals surface area contributed by atoms with Crippen LogP contribution in [-0.2, 0) is 0 Å². The molecule has 78 valence electrons. The van der Waals surface area contributed by atoms with Gasteiger partial charge in [0.2, 0.25) is 5.88 Å². The van der Waals surface area contributed by atoms with Gasteiger partial charge in [-0.1, -0.05) is 19.3 Å². The van der Waals surface area contributed by atoms with Gasteiger partial charge in [0, 0.05) is 6.07 Å². The predicted molar refractivity (Wildman–Crippen MR) is 55.3 cm³/mol. The van der Waals surface area contributed by atoms with Crippen LogP contribution >= 0.6 is 0 Å². The fourth-order valence-electron chi connectivity index (χ4n) is 2.02. The summed E-state index contributed by atoms with van der Waals surface area (Å²) in [5.41, 5.74) is 0. The lowest BCUT2D eigenvalue weighted by atomic mass is 9.99. The molecule has 0 spiro atoms. The van der Waals surface area contributed by atoms with Gasteiger partial charge >= 0.3 is 0 Å². The molecule has 1 aliphatic carbocycles. The van der Waals surface area contributed by atoms with Crippen LogP contribution in [0, 0.1) is 0 Å². The molecule has 3 nitrogen and oxygen atoms in total. The Bertz CT molecular complexity index is 238. The van der Waals surface area contributed by atoms with Gasteiger partial charge in [-0.25, -0.2) is 5.10 Å². The summed E-state index contributed by atoms with van der Waals surface area (Å²) in [6.07, 6.45) is 11.3. The Kier molecular flexibility index (Phi) is 3.44. The molecule has 1 saturated carbocycles. The number of aromatic nitrogens is 2. The van der Waals surface area contributed by atoms with Crippen LogP contribution in [0.2, 0.25) is 0 Å². The zero-order chi connectivity index (χ0) is 9.64. The summed E-state index contributed by atoms with van der Waals surface area (Å²) in [7, 11) is 0. The fourth-order valence-corrected chi connectivity index (χ4v) is 2.02. The van der Waals surface area contributed by atoms with Crippen LogP contribution in [0.3, 0.4) is 0 Å². The van der Waals surface area contributed by atoms with Gasteiger partial charge in [0.1, 0.15) is 6.10 Å². The van der Waals surface area contributed by atoms with Crippen LogP contribution in [-0.4, -0.2) is 16.3 Å². The van der Waals surface area contributed by atoms with Crippen LogP contribution in [0.15, 0.2) is 12.3 Å². The summed E-state index contributed by atoms with van der Waals surface area (Å²) >= 11 is 0.